The molecule has 2 bridgehead atoms. The number of nitriles is 1. The van der Waals surface area contributed by atoms with Gasteiger partial charge in [0, 0.05) is 24.6 Å². The summed E-state index contributed by atoms with van der Waals surface area (Å²) in [6, 6.07) is 21.1. The van der Waals surface area contributed by atoms with Gasteiger partial charge in [0.25, 0.3) is 0 Å². The van der Waals surface area contributed by atoms with Gasteiger partial charge in [-0.3, -0.25) is 14.5 Å². The lowest BCUT2D eigenvalue weighted by atomic mass is 9.67. The molecule has 2 amide bonds. The Hall–Kier alpha value is -3.23. The zero-order valence-corrected chi connectivity index (χ0v) is 15.2. The highest BCUT2D eigenvalue weighted by atomic mass is 16.2. The molecule has 5 heteroatoms. The van der Waals surface area contributed by atoms with Gasteiger partial charge in [-0.15, -0.1) is 0 Å². The first kappa shape index (κ1) is 16.9. The Labute approximate surface area is 163 Å². The molecule has 0 saturated carbocycles. The molecule has 0 radical (unpaired) electrons. The molecular formula is C23H19N3O2. The number of rotatable bonds is 3. The summed E-state index contributed by atoms with van der Waals surface area (Å²) in [4.78, 5) is 30.0. The first-order chi connectivity index (χ1) is 13.7. The zero-order valence-electron chi connectivity index (χ0n) is 15.2. The molecule has 2 saturated heterocycles. The van der Waals surface area contributed by atoms with Gasteiger partial charge < -0.3 is 0 Å². The highest BCUT2D eigenvalue weighted by molar-refractivity contribution is 6.22. The molecular weight excluding hydrogens is 350 g/mol. The first-order valence-electron chi connectivity index (χ1n) is 9.51. The largest absolute Gasteiger partial charge is 0.290 e. The van der Waals surface area contributed by atoms with Crippen molar-refractivity contribution in [1.29, 1.82) is 5.26 Å². The molecule has 2 aromatic rings. The summed E-state index contributed by atoms with van der Waals surface area (Å²) in [6.45, 7) is 1.35. The molecule has 2 aromatic carbocycles. The van der Waals surface area contributed by atoms with E-state index in [-0.39, 0.29) is 29.7 Å². The fraction of sp³-hybridized carbons (Fsp3) is 0.261. The van der Waals surface area contributed by atoms with Crippen LogP contribution in [0.4, 0.5) is 5.69 Å². The zero-order chi connectivity index (χ0) is 19.3. The van der Waals surface area contributed by atoms with Crippen LogP contribution in [0, 0.1) is 29.1 Å². The van der Waals surface area contributed by atoms with Crippen LogP contribution in [0.1, 0.15) is 5.56 Å². The van der Waals surface area contributed by atoms with Gasteiger partial charge in [-0.25, -0.2) is 4.90 Å². The van der Waals surface area contributed by atoms with Crippen molar-refractivity contribution in [1.82, 2.24) is 4.90 Å². The van der Waals surface area contributed by atoms with Crippen molar-refractivity contribution < 1.29 is 9.59 Å². The second kappa shape index (κ2) is 6.43. The van der Waals surface area contributed by atoms with Gasteiger partial charge in [0.05, 0.1) is 29.6 Å². The van der Waals surface area contributed by atoms with Crippen molar-refractivity contribution >= 4 is 17.5 Å². The molecule has 0 spiro atoms. The van der Waals surface area contributed by atoms with E-state index >= 15 is 0 Å². The molecule has 0 aromatic heterocycles. The average Bonchev–Trinajstić information content (AvgIpc) is 3.01. The van der Waals surface area contributed by atoms with Crippen molar-refractivity contribution in [3.63, 3.8) is 0 Å². The van der Waals surface area contributed by atoms with E-state index in [1.54, 1.807) is 12.1 Å². The average molecular weight is 369 g/mol. The van der Waals surface area contributed by atoms with E-state index in [9.17, 15) is 14.9 Å². The van der Waals surface area contributed by atoms with E-state index in [2.05, 4.69) is 11.0 Å². The number of piperidine rings is 1. The van der Waals surface area contributed by atoms with Crippen LogP contribution in [0.15, 0.2) is 72.3 Å². The van der Waals surface area contributed by atoms with E-state index in [4.69, 9.17) is 0 Å². The molecule has 0 unspecified atom stereocenters. The molecule has 6 rings (SSSR count). The highest BCUT2D eigenvalue weighted by Gasteiger charge is 2.61. The van der Waals surface area contributed by atoms with Crippen molar-refractivity contribution in [3.05, 3.63) is 77.9 Å². The molecule has 4 atom stereocenters. The van der Waals surface area contributed by atoms with Crippen LogP contribution in [0.25, 0.3) is 0 Å². The molecule has 4 aliphatic rings. The minimum atomic E-state index is -0.491. The monoisotopic (exact) mass is 369 g/mol. The van der Waals surface area contributed by atoms with Gasteiger partial charge in [-0.05, 0) is 17.7 Å². The first-order valence-corrected chi connectivity index (χ1v) is 9.51. The number of anilines is 1. The fourth-order valence-electron chi connectivity index (χ4n) is 5.01. The number of amides is 2. The number of hydrogen-bond donors (Lipinski definition) is 0. The van der Waals surface area contributed by atoms with Gasteiger partial charge in [0.1, 0.15) is 0 Å². The van der Waals surface area contributed by atoms with E-state index in [0.717, 1.165) is 5.56 Å². The Bertz CT molecular complexity index is 1010. The number of hydrogen-bond acceptors (Lipinski definition) is 4. The topological polar surface area (TPSA) is 64.4 Å². The Balaban J connectivity index is 1.53. The van der Waals surface area contributed by atoms with Crippen LogP contribution < -0.4 is 4.90 Å². The lowest BCUT2D eigenvalue weighted by molar-refractivity contribution is -0.127. The third kappa shape index (κ3) is 2.42. The molecule has 3 heterocycles. The summed E-state index contributed by atoms with van der Waals surface area (Å²) in [6.07, 6.45) is 1.92. The lowest BCUT2D eigenvalue weighted by Crippen LogP contribution is -2.57. The predicted molar refractivity (Wildman–Crippen MR) is 104 cm³/mol. The SMILES string of the molecule is N#CC1=C[C@H]2CN(Cc3ccccc3)[C@H]1[C@H]1C(=O)N(c3ccccc3)C(=O)[C@@H]12. The molecule has 28 heavy (non-hydrogen) atoms. The number of carbonyl (C=O) groups excluding carboxylic acids is 2. The van der Waals surface area contributed by atoms with Crippen LogP contribution in [0.5, 0.6) is 0 Å². The van der Waals surface area contributed by atoms with Crippen LogP contribution >= 0.6 is 0 Å². The summed E-state index contributed by atoms with van der Waals surface area (Å²) < 4.78 is 0. The van der Waals surface area contributed by atoms with Crippen molar-refractivity contribution in [2.75, 3.05) is 11.4 Å². The number of benzene rings is 2. The quantitative estimate of drug-likeness (QED) is 0.781. The molecule has 5 nitrogen and oxygen atoms in total. The van der Waals surface area contributed by atoms with E-state index in [0.29, 0.717) is 24.4 Å². The van der Waals surface area contributed by atoms with Crippen molar-refractivity contribution in [3.8, 4) is 6.07 Å². The molecule has 138 valence electrons. The minimum Gasteiger partial charge on any atom is -0.290 e. The summed E-state index contributed by atoms with van der Waals surface area (Å²) in [7, 11) is 0. The minimum absolute atomic E-state index is 0.112. The second-order valence-electron chi connectivity index (χ2n) is 7.66. The summed E-state index contributed by atoms with van der Waals surface area (Å²) in [5.74, 6) is -1.30. The number of carbonyl (C=O) groups is 2. The maximum absolute atomic E-state index is 13.3. The standard InChI is InChI=1S/C23H19N3O2/c24-12-16-11-17-14-25(13-15-7-3-1-4-8-15)21(16)20-19(17)22(27)26(23(20)28)18-9-5-2-6-10-18/h1-11,17,19-21H,13-14H2/t17-,19+,20-,21+/m0/s1. The molecule has 0 N–H and O–H groups in total. The van der Waals surface area contributed by atoms with E-state index in [1.807, 2.05) is 54.6 Å². The smallest absolute Gasteiger partial charge is 0.239 e. The van der Waals surface area contributed by atoms with E-state index < -0.39 is 5.92 Å². The van der Waals surface area contributed by atoms with E-state index in [1.165, 1.54) is 4.90 Å². The summed E-state index contributed by atoms with van der Waals surface area (Å²) in [5, 5.41) is 9.70. The number of para-hydroxylation sites is 1. The molecule has 1 aliphatic carbocycles. The third-order valence-electron chi connectivity index (χ3n) is 6.12. The van der Waals surface area contributed by atoms with Crippen molar-refractivity contribution in [2.45, 2.75) is 12.6 Å². The van der Waals surface area contributed by atoms with Gasteiger partial charge in [-0.2, -0.15) is 5.26 Å². The maximum atomic E-state index is 13.3. The van der Waals surface area contributed by atoms with Gasteiger partial charge in [0.2, 0.25) is 11.8 Å². The number of imide groups is 1. The normalized spacial score (nSPS) is 28.8. The number of fused-ring (bicyclic) bond motifs is 1. The van der Waals surface area contributed by atoms with Gasteiger partial charge in [0.15, 0.2) is 0 Å². The van der Waals surface area contributed by atoms with Crippen molar-refractivity contribution in [2.24, 2.45) is 17.8 Å². The maximum Gasteiger partial charge on any atom is 0.239 e. The van der Waals surface area contributed by atoms with Crippen LogP contribution in [0.2, 0.25) is 0 Å². The highest BCUT2D eigenvalue weighted by Crippen LogP contribution is 2.48. The summed E-state index contributed by atoms with van der Waals surface area (Å²) >= 11 is 0. The number of nitrogens with zero attached hydrogens (tertiary/aromatic N) is 3. The van der Waals surface area contributed by atoms with Gasteiger partial charge in [-0.1, -0.05) is 54.6 Å². The second-order valence-corrected chi connectivity index (χ2v) is 7.66. The van der Waals surface area contributed by atoms with Crippen LogP contribution in [-0.4, -0.2) is 29.3 Å². The van der Waals surface area contributed by atoms with Crippen LogP contribution in [-0.2, 0) is 16.1 Å². The Morgan fingerprint density at radius 1 is 0.929 bits per heavy atom. The summed E-state index contributed by atoms with van der Waals surface area (Å²) in [5.41, 5.74) is 2.37. The van der Waals surface area contributed by atoms with Crippen LogP contribution in [0.3, 0.4) is 0 Å². The molecule has 3 aliphatic heterocycles. The predicted octanol–water partition coefficient (Wildman–Crippen LogP) is 2.76. The Kier molecular flexibility index (Phi) is 3.88. The molecule has 2 fully saturated rings. The van der Waals surface area contributed by atoms with Gasteiger partial charge >= 0.3 is 0 Å². The third-order valence-corrected chi connectivity index (χ3v) is 6.12. The fourth-order valence-corrected chi connectivity index (χ4v) is 5.01. The Morgan fingerprint density at radius 3 is 2.25 bits per heavy atom. The Morgan fingerprint density at radius 2 is 1.57 bits per heavy atom. The lowest BCUT2D eigenvalue weighted by Gasteiger charge is -2.48.